The Morgan fingerprint density at radius 2 is 1.76 bits per heavy atom. The fourth-order valence-electron chi connectivity index (χ4n) is 1.25. The summed E-state index contributed by atoms with van der Waals surface area (Å²) in [5, 5.41) is 8.79. The molecule has 3 N–H and O–H groups in total. The van der Waals surface area contributed by atoms with Gasteiger partial charge in [-0.1, -0.05) is 30.3 Å². The van der Waals surface area contributed by atoms with Crippen molar-refractivity contribution in [3.63, 3.8) is 0 Å². The lowest BCUT2D eigenvalue weighted by atomic mass is 10.2. The van der Waals surface area contributed by atoms with Gasteiger partial charge in [0.05, 0.1) is 6.61 Å². The molecule has 1 atom stereocenters. The maximum Gasteiger partial charge on any atom is 0.491 e. The summed E-state index contributed by atoms with van der Waals surface area (Å²) in [6, 6.07) is 8.42. The van der Waals surface area contributed by atoms with E-state index in [9.17, 15) is 22.8 Å². The van der Waals surface area contributed by atoms with Crippen molar-refractivity contribution in [2.45, 2.75) is 18.5 Å². The van der Waals surface area contributed by atoms with Crippen molar-refractivity contribution in [3.05, 3.63) is 35.9 Å². The fraction of sp³-hybridized carbons (Fsp3) is 0.333. The molecule has 116 valence electrons. The number of esters is 1. The van der Waals surface area contributed by atoms with Gasteiger partial charge in [-0.15, -0.1) is 0 Å². The molecule has 9 heteroatoms. The Bertz CT molecular complexity index is 505. The first-order valence-corrected chi connectivity index (χ1v) is 5.59. The zero-order valence-corrected chi connectivity index (χ0v) is 10.6. The maximum absolute atomic E-state index is 12.1. The third kappa shape index (κ3) is 5.04. The van der Waals surface area contributed by atoms with Crippen LogP contribution in [0, 0.1) is 0 Å². The Morgan fingerprint density at radius 3 is 2.24 bits per heavy atom. The smallest absolute Gasteiger partial charge is 0.477 e. The molecule has 0 unspecified atom stereocenters. The van der Waals surface area contributed by atoms with E-state index in [0.717, 1.165) is 0 Å². The zero-order chi connectivity index (χ0) is 16.1. The average Bonchev–Trinajstić information content (AvgIpc) is 2.38. The van der Waals surface area contributed by atoms with E-state index in [1.54, 1.807) is 30.3 Å². The highest BCUT2D eigenvalue weighted by Crippen LogP contribution is 2.20. The molecule has 0 spiro atoms. The molecule has 1 aromatic carbocycles. The molecular weight excluding hydrogens is 295 g/mol. The summed E-state index contributed by atoms with van der Waals surface area (Å²) in [7, 11) is 0. The molecule has 0 amide bonds. The molecule has 21 heavy (non-hydrogen) atoms. The van der Waals surface area contributed by atoms with Crippen LogP contribution in [0.1, 0.15) is 5.56 Å². The van der Waals surface area contributed by atoms with E-state index >= 15 is 0 Å². The van der Waals surface area contributed by atoms with Gasteiger partial charge in [-0.25, -0.2) is 9.59 Å². The second kappa shape index (κ2) is 6.55. The molecule has 0 aliphatic rings. The number of carbonyl (C=O) groups excluding carboxylic acids is 1. The first-order valence-electron chi connectivity index (χ1n) is 5.59. The number of benzene rings is 1. The van der Waals surface area contributed by atoms with Crippen LogP contribution in [0.5, 0.6) is 0 Å². The molecule has 0 radical (unpaired) electrons. The Labute approximate surface area is 117 Å². The molecule has 0 saturated heterocycles. The molecule has 6 nitrogen and oxygen atoms in total. The van der Waals surface area contributed by atoms with E-state index in [4.69, 9.17) is 15.6 Å². The van der Waals surface area contributed by atoms with Crippen LogP contribution in [0.15, 0.2) is 30.3 Å². The zero-order valence-electron chi connectivity index (χ0n) is 10.6. The van der Waals surface area contributed by atoms with Gasteiger partial charge in [0.15, 0.2) is 0 Å². The predicted molar refractivity (Wildman–Crippen MR) is 62.8 cm³/mol. The van der Waals surface area contributed by atoms with Gasteiger partial charge in [0.25, 0.3) is 5.72 Å². The minimum atomic E-state index is -5.35. The number of ether oxygens (including phenoxy) is 2. The minimum Gasteiger partial charge on any atom is -0.477 e. The van der Waals surface area contributed by atoms with Gasteiger partial charge in [-0.2, -0.15) is 13.2 Å². The maximum atomic E-state index is 12.1. The van der Waals surface area contributed by atoms with Crippen LogP contribution in [0.25, 0.3) is 0 Å². The summed E-state index contributed by atoms with van der Waals surface area (Å²) >= 11 is 0. The van der Waals surface area contributed by atoms with Crippen LogP contribution in [-0.4, -0.2) is 35.6 Å². The largest absolute Gasteiger partial charge is 0.491 e. The number of carboxylic acid groups (broad SMARTS) is 1. The summed E-state index contributed by atoms with van der Waals surface area (Å²) in [5.41, 5.74) is 2.87. The summed E-state index contributed by atoms with van der Waals surface area (Å²) in [4.78, 5) is 21.5. The van der Waals surface area contributed by atoms with Crippen LogP contribution < -0.4 is 5.73 Å². The van der Waals surface area contributed by atoms with Gasteiger partial charge in [0.2, 0.25) is 0 Å². The number of carboxylic acids is 1. The monoisotopic (exact) mass is 307 g/mol. The van der Waals surface area contributed by atoms with Gasteiger partial charge >= 0.3 is 18.1 Å². The number of halogens is 3. The van der Waals surface area contributed by atoms with Gasteiger partial charge in [-0.05, 0) is 5.56 Å². The van der Waals surface area contributed by atoms with Crippen molar-refractivity contribution >= 4 is 11.9 Å². The molecule has 0 aliphatic heterocycles. The fourth-order valence-corrected chi connectivity index (χ4v) is 1.25. The van der Waals surface area contributed by atoms with Crippen LogP contribution in [0.4, 0.5) is 13.2 Å². The molecule has 0 saturated carbocycles. The number of hydrogen-bond donors (Lipinski definition) is 2. The Kier molecular flexibility index (Phi) is 5.28. The molecular formula is C12H12F3NO5. The lowest BCUT2D eigenvalue weighted by Gasteiger charge is -2.24. The highest BCUT2D eigenvalue weighted by molar-refractivity contribution is 5.83. The number of rotatable bonds is 6. The van der Waals surface area contributed by atoms with Crippen LogP contribution >= 0.6 is 0 Å². The quantitative estimate of drug-likeness (QED) is 0.602. The van der Waals surface area contributed by atoms with Crippen molar-refractivity contribution in [1.29, 1.82) is 0 Å². The Hall–Kier alpha value is -2.13. The number of alkyl halides is 3. The molecule has 0 aromatic heterocycles. The van der Waals surface area contributed by atoms with Gasteiger partial charge in [0.1, 0.15) is 6.61 Å². The van der Waals surface area contributed by atoms with E-state index in [-0.39, 0.29) is 6.61 Å². The summed E-state index contributed by atoms with van der Waals surface area (Å²) in [5.74, 6) is -4.65. The molecule has 1 rings (SSSR count). The number of nitrogens with two attached hydrogens (primary N) is 1. The highest BCUT2D eigenvalue weighted by Gasteiger charge is 2.48. The van der Waals surface area contributed by atoms with Crippen molar-refractivity contribution < 1.29 is 37.3 Å². The lowest BCUT2D eigenvalue weighted by molar-refractivity contribution is -0.222. The molecule has 0 heterocycles. The summed E-state index contributed by atoms with van der Waals surface area (Å²) in [6.07, 6.45) is -5.35. The summed E-state index contributed by atoms with van der Waals surface area (Å²) < 4.78 is 44.9. The van der Waals surface area contributed by atoms with Crippen LogP contribution in [0.3, 0.4) is 0 Å². The molecule has 0 fully saturated rings. The standard InChI is InChI=1S/C12H12F3NO5/c13-12(14,15)10(19)21-11(16,9(17)18)7-20-6-8-4-2-1-3-5-8/h1-5H,6-7,16H2,(H,17,18)/t11-/m0/s1. The van der Waals surface area contributed by atoms with Crippen molar-refractivity contribution in [1.82, 2.24) is 0 Å². The number of carbonyl (C=O) groups is 2. The average molecular weight is 307 g/mol. The second-order valence-electron chi connectivity index (χ2n) is 4.06. The molecule has 1 aromatic rings. The van der Waals surface area contributed by atoms with E-state index in [1.165, 1.54) is 0 Å². The van der Waals surface area contributed by atoms with Gasteiger partial charge in [-0.3, -0.25) is 5.73 Å². The molecule has 0 bridgehead atoms. The normalized spacial score (nSPS) is 14.3. The minimum absolute atomic E-state index is 0.101. The molecule has 0 aliphatic carbocycles. The highest BCUT2D eigenvalue weighted by atomic mass is 19.4. The van der Waals surface area contributed by atoms with Crippen LogP contribution in [0.2, 0.25) is 0 Å². The predicted octanol–water partition coefficient (Wildman–Crippen LogP) is 1.05. The first kappa shape index (κ1) is 16.9. The van der Waals surface area contributed by atoms with E-state index < -0.39 is 30.4 Å². The van der Waals surface area contributed by atoms with Gasteiger partial charge in [0, 0.05) is 0 Å². The van der Waals surface area contributed by atoms with Crippen molar-refractivity contribution in [3.8, 4) is 0 Å². The third-order valence-corrected chi connectivity index (χ3v) is 2.30. The second-order valence-corrected chi connectivity index (χ2v) is 4.06. The summed E-state index contributed by atoms with van der Waals surface area (Å²) in [6.45, 7) is -1.03. The van der Waals surface area contributed by atoms with Crippen molar-refractivity contribution in [2.75, 3.05) is 6.61 Å². The number of aliphatic carboxylic acids is 1. The van der Waals surface area contributed by atoms with Gasteiger partial charge < -0.3 is 14.6 Å². The van der Waals surface area contributed by atoms with Crippen LogP contribution in [-0.2, 0) is 25.7 Å². The van der Waals surface area contributed by atoms with Crippen molar-refractivity contribution in [2.24, 2.45) is 5.73 Å². The lowest BCUT2D eigenvalue weighted by Crippen LogP contribution is -2.57. The third-order valence-electron chi connectivity index (χ3n) is 2.30. The topological polar surface area (TPSA) is 98.9 Å². The number of hydrogen-bond acceptors (Lipinski definition) is 5. The van der Waals surface area contributed by atoms with E-state index in [2.05, 4.69) is 4.74 Å². The van der Waals surface area contributed by atoms with E-state index in [0.29, 0.717) is 5.56 Å². The van der Waals surface area contributed by atoms with E-state index in [1.807, 2.05) is 0 Å². The first-order chi connectivity index (χ1) is 9.65. The Balaban J connectivity index is 2.64. The Morgan fingerprint density at radius 1 is 1.19 bits per heavy atom. The SMILES string of the molecule is N[C@@](COCc1ccccc1)(OC(=O)C(F)(F)F)C(=O)O.